The number of benzene rings is 1. The maximum atomic E-state index is 2.50. The Hall–Kier alpha value is -0.486. The maximum absolute atomic E-state index is 2.50. The molecular weight excluding hydrogens is 239 g/mol. The summed E-state index contributed by atoms with van der Waals surface area (Å²) in [7, 11) is -1.40. The minimum absolute atomic E-state index is 0.200. The Bertz CT molecular complexity index is 485. The number of allylic oxidation sites excluding steroid dienone is 4. The summed E-state index contributed by atoms with van der Waals surface area (Å²) in [4.78, 5) is 0. The third-order valence-electron chi connectivity index (χ3n) is 4.89. The van der Waals surface area contributed by atoms with Gasteiger partial charge in [-0.2, -0.15) is 0 Å². The third-order valence-corrected chi connectivity index (χ3v) is 8.56. The van der Waals surface area contributed by atoms with Gasteiger partial charge in [-0.05, 0) is 0 Å². The van der Waals surface area contributed by atoms with Gasteiger partial charge >= 0.3 is 128 Å². The molecule has 0 fully saturated rings. The van der Waals surface area contributed by atoms with Crippen LogP contribution in [0.4, 0.5) is 0 Å². The van der Waals surface area contributed by atoms with E-state index in [1.54, 1.807) is 5.19 Å². The van der Waals surface area contributed by atoms with E-state index in [9.17, 15) is 0 Å². The summed E-state index contributed by atoms with van der Waals surface area (Å²) in [6, 6.07) is 12.4. The van der Waals surface area contributed by atoms with E-state index < -0.39 is 8.07 Å². The van der Waals surface area contributed by atoms with Crippen LogP contribution >= 0.6 is 0 Å². The van der Waals surface area contributed by atoms with Gasteiger partial charge in [-0.25, -0.2) is 0 Å². The predicted octanol–water partition coefficient (Wildman–Crippen LogP) is 4.08. The summed E-state index contributed by atoms with van der Waals surface area (Å²) in [5.74, 6) is 0. The van der Waals surface area contributed by atoms with Crippen LogP contribution in [0, 0.1) is 5.41 Å². The van der Waals surface area contributed by atoms with E-state index in [2.05, 4.69) is 99.3 Å². The van der Waals surface area contributed by atoms with Crippen molar-refractivity contribution in [1.29, 1.82) is 0 Å². The van der Waals surface area contributed by atoms with Gasteiger partial charge in [0, 0.05) is 0 Å². The zero-order valence-electron chi connectivity index (χ0n) is 12.9. The molecule has 2 heteroatoms. The first-order chi connectivity index (χ1) is 8.77. The van der Waals surface area contributed by atoms with Gasteiger partial charge in [0.05, 0.1) is 0 Å². The summed E-state index contributed by atoms with van der Waals surface area (Å²) in [6.45, 7) is 9.83. The predicted molar refractivity (Wildman–Crippen MR) is 88.9 cm³/mol. The molecule has 1 aromatic carbocycles. The molecule has 96 valence electrons. The first-order valence-electron chi connectivity index (χ1n) is 7.20. The SMILES string of the molecule is [Li][C]1(C(C)(C)C[Si](C)(C)c2ccccc2)C=CC=C1. The second kappa shape index (κ2) is 5.13. The Morgan fingerprint density at radius 3 is 2.11 bits per heavy atom. The van der Waals surface area contributed by atoms with Crippen LogP contribution in [0.2, 0.25) is 23.2 Å². The Kier molecular flexibility index (Phi) is 4.03. The van der Waals surface area contributed by atoms with E-state index in [0.717, 1.165) is 0 Å². The standard InChI is InChI=1S/C17H23Si.Li/c1-17(2,15-10-8-9-11-15)14-18(3,4)16-12-6-5-7-13-16;/h5-13H,14H2,1-4H3;. The molecule has 0 nitrogen and oxygen atoms in total. The number of rotatable bonds is 4. The van der Waals surface area contributed by atoms with Crippen LogP contribution in [0.3, 0.4) is 0 Å². The molecule has 1 aliphatic carbocycles. The molecule has 1 aliphatic rings. The van der Waals surface area contributed by atoms with Crippen LogP contribution in [-0.2, 0) is 0 Å². The van der Waals surface area contributed by atoms with Crippen molar-refractivity contribution < 1.29 is 0 Å². The molecule has 0 spiro atoms. The quantitative estimate of drug-likeness (QED) is 0.717. The Morgan fingerprint density at radius 2 is 1.58 bits per heavy atom. The topological polar surface area (TPSA) is 0 Å². The molecule has 0 heterocycles. The van der Waals surface area contributed by atoms with Gasteiger partial charge in [0.1, 0.15) is 0 Å². The van der Waals surface area contributed by atoms with Crippen molar-refractivity contribution in [2.24, 2.45) is 5.41 Å². The van der Waals surface area contributed by atoms with E-state index in [0.29, 0.717) is 5.41 Å². The first kappa shape index (κ1) is 14.9. The van der Waals surface area contributed by atoms with E-state index >= 15 is 0 Å². The second-order valence-corrected chi connectivity index (χ2v) is 12.0. The van der Waals surface area contributed by atoms with Crippen molar-refractivity contribution in [2.45, 2.75) is 37.1 Å². The molecule has 0 saturated heterocycles. The number of hydrogen-bond acceptors (Lipinski definition) is 0. The molecular formula is C17H23LiSi. The van der Waals surface area contributed by atoms with E-state index in [-0.39, 0.29) is 4.09 Å². The van der Waals surface area contributed by atoms with Gasteiger partial charge in [0.25, 0.3) is 0 Å². The molecule has 0 saturated carbocycles. The van der Waals surface area contributed by atoms with Crippen LogP contribution in [0.25, 0.3) is 0 Å². The fraction of sp³-hybridized carbons (Fsp3) is 0.412. The first-order valence-corrected chi connectivity index (χ1v) is 10.4. The number of hydrogen-bond donors (Lipinski definition) is 0. The monoisotopic (exact) mass is 262 g/mol. The zero-order valence-corrected chi connectivity index (χ0v) is 13.9. The average molecular weight is 262 g/mol. The normalized spacial score (nSPS) is 18.0. The van der Waals surface area contributed by atoms with Gasteiger partial charge in [-0.3, -0.25) is 0 Å². The summed E-state index contributed by atoms with van der Waals surface area (Å²) in [5.41, 5.74) is 0.294. The van der Waals surface area contributed by atoms with Crippen molar-refractivity contribution in [3.8, 4) is 0 Å². The van der Waals surface area contributed by atoms with Gasteiger partial charge in [0.15, 0.2) is 0 Å². The molecule has 0 aromatic heterocycles. The van der Waals surface area contributed by atoms with Gasteiger partial charge in [0.2, 0.25) is 0 Å². The Morgan fingerprint density at radius 1 is 1.05 bits per heavy atom. The van der Waals surface area contributed by atoms with E-state index in [1.807, 2.05) is 0 Å². The summed E-state index contributed by atoms with van der Waals surface area (Å²) in [6.07, 6.45) is 9.11. The summed E-state index contributed by atoms with van der Waals surface area (Å²) in [5, 5.41) is 1.57. The molecule has 19 heavy (non-hydrogen) atoms. The summed E-state index contributed by atoms with van der Waals surface area (Å²) >= 11 is 2.36. The molecule has 0 amide bonds. The molecule has 2 rings (SSSR count). The van der Waals surface area contributed by atoms with Crippen molar-refractivity contribution >= 4 is 31.0 Å². The molecule has 0 radical (unpaired) electrons. The van der Waals surface area contributed by atoms with Crippen LogP contribution < -0.4 is 5.19 Å². The molecule has 0 atom stereocenters. The minimum atomic E-state index is -1.40. The average Bonchev–Trinajstić information content (AvgIpc) is 2.78. The molecule has 0 N–H and O–H groups in total. The van der Waals surface area contributed by atoms with Crippen LogP contribution in [0.15, 0.2) is 54.6 Å². The molecule has 0 bridgehead atoms. The Balaban J connectivity index is 2.25. The third kappa shape index (κ3) is 3.00. The zero-order chi connectivity index (χ0) is 14.1. The fourth-order valence-electron chi connectivity index (χ4n) is 3.30. The van der Waals surface area contributed by atoms with Crippen molar-refractivity contribution in [3.05, 3.63) is 54.6 Å². The van der Waals surface area contributed by atoms with Crippen molar-refractivity contribution in [2.75, 3.05) is 0 Å². The second-order valence-electron chi connectivity index (χ2n) is 7.31. The van der Waals surface area contributed by atoms with E-state index in [4.69, 9.17) is 0 Å². The van der Waals surface area contributed by atoms with Gasteiger partial charge < -0.3 is 0 Å². The van der Waals surface area contributed by atoms with Gasteiger partial charge in [-0.15, -0.1) is 0 Å². The summed E-state index contributed by atoms with van der Waals surface area (Å²) < 4.78 is 0.200. The van der Waals surface area contributed by atoms with Crippen LogP contribution in [0.5, 0.6) is 0 Å². The van der Waals surface area contributed by atoms with Crippen LogP contribution in [-0.4, -0.2) is 25.8 Å². The molecule has 1 aromatic rings. The fourth-order valence-corrected chi connectivity index (χ4v) is 7.19. The van der Waals surface area contributed by atoms with E-state index in [1.165, 1.54) is 6.04 Å². The molecule has 0 unspecified atom stereocenters. The van der Waals surface area contributed by atoms with Crippen LogP contribution in [0.1, 0.15) is 13.8 Å². The molecule has 0 aliphatic heterocycles. The van der Waals surface area contributed by atoms with Crippen molar-refractivity contribution in [3.63, 3.8) is 0 Å². The van der Waals surface area contributed by atoms with Gasteiger partial charge in [-0.1, -0.05) is 0 Å². The Labute approximate surface area is 128 Å². The van der Waals surface area contributed by atoms with Crippen molar-refractivity contribution in [1.82, 2.24) is 0 Å².